The lowest BCUT2D eigenvalue weighted by Gasteiger charge is -2.08. The van der Waals surface area contributed by atoms with E-state index in [0.29, 0.717) is 5.13 Å². The van der Waals surface area contributed by atoms with E-state index in [1.807, 2.05) is 13.8 Å². The standard InChI is InChI=1S/C10H17N5O2S/c1-4(2)13-10-15-7(11)6(18-10)9(17)14-5(3)8(12)16/h4-5H,11H2,1-3H3,(H2,12,16)(H,13,15)(H,14,17). The lowest BCUT2D eigenvalue weighted by atomic mass is 10.3. The van der Waals surface area contributed by atoms with Crippen LogP contribution in [0.25, 0.3) is 0 Å². The van der Waals surface area contributed by atoms with Crippen LogP contribution in [-0.2, 0) is 4.79 Å². The van der Waals surface area contributed by atoms with Crippen molar-refractivity contribution in [2.45, 2.75) is 32.9 Å². The molecule has 1 aromatic rings. The van der Waals surface area contributed by atoms with E-state index in [-0.39, 0.29) is 16.7 Å². The van der Waals surface area contributed by atoms with Crippen LogP contribution in [-0.4, -0.2) is 28.9 Å². The molecule has 1 rings (SSSR count). The van der Waals surface area contributed by atoms with Gasteiger partial charge >= 0.3 is 0 Å². The highest BCUT2D eigenvalue weighted by atomic mass is 32.1. The minimum absolute atomic E-state index is 0.136. The van der Waals surface area contributed by atoms with Crippen LogP contribution in [0.1, 0.15) is 30.4 Å². The first-order valence-electron chi connectivity index (χ1n) is 5.44. The van der Waals surface area contributed by atoms with Crippen molar-refractivity contribution in [1.82, 2.24) is 10.3 Å². The largest absolute Gasteiger partial charge is 0.382 e. The molecule has 1 atom stereocenters. The quantitative estimate of drug-likeness (QED) is 0.607. The Morgan fingerprint density at radius 3 is 2.44 bits per heavy atom. The summed E-state index contributed by atoms with van der Waals surface area (Å²) in [6, 6.07) is -0.559. The minimum Gasteiger partial charge on any atom is -0.382 e. The van der Waals surface area contributed by atoms with Crippen LogP contribution in [0.4, 0.5) is 10.9 Å². The predicted molar refractivity (Wildman–Crippen MR) is 71.4 cm³/mol. The maximum atomic E-state index is 11.8. The number of carbonyl (C=O) groups excluding carboxylic acids is 2. The molecule has 18 heavy (non-hydrogen) atoms. The first kappa shape index (κ1) is 14.2. The van der Waals surface area contributed by atoms with Gasteiger partial charge in [-0.05, 0) is 20.8 Å². The molecule has 0 saturated carbocycles. The summed E-state index contributed by atoms with van der Waals surface area (Å²) in [6.07, 6.45) is 0. The van der Waals surface area contributed by atoms with Gasteiger partial charge in [0.05, 0.1) is 0 Å². The van der Waals surface area contributed by atoms with Crippen molar-refractivity contribution in [1.29, 1.82) is 0 Å². The van der Waals surface area contributed by atoms with Gasteiger partial charge in [-0.25, -0.2) is 4.98 Å². The van der Waals surface area contributed by atoms with E-state index in [4.69, 9.17) is 11.5 Å². The highest BCUT2D eigenvalue weighted by Crippen LogP contribution is 2.25. The number of nitrogens with one attached hydrogen (secondary N) is 2. The molecule has 1 aromatic heterocycles. The van der Waals surface area contributed by atoms with Gasteiger partial charge in [-0.3, -0.25) is 9.59 Å². The van der Waals surface area contributed by atoms with Crippen molar-refractivity contribution in [2.24, 2.45) is 5.73 Å². The van der Waals surface area contributed by atoms with Crippen LogP contribution in [0.2, 0.25) is 0 Å². The third-order valence-corrected chi connectivity index (χ3v) is 3.05. The highest BCUT2D eigenvalue weighted by Gasteiger charge is 2.19. The summed E-state index contributed by atoms with van der Waals surface area (Å²) < 4.78 is 0. The molecular formula is C10H17N5O2S. The number of rotatable bonds is 5. The molecule has 0 bridgehead atoms. The first-order chi connectivity index (χ1) is 8.31. The SMILES string of the molecule is CC(C)Nc1nc(N)c(C(=O)NC(C)C(N)=O)s1. The predicted octanol–water partition coefficient (Wildman–Crippen LogP) is 0.149. The third kappa shape index (κ3) is 3.59. The van der Waals surface area contributed by atoms with E-state index in [1.165, 1.54) is 6.92 Å². The summed E-state index contributed by atoms with van der Waals surface area (Å²) in [6.45, 7) is 5.41. The van der Waals surface area contributed by atoms with E-state index in [9.17, 15) is 9.59 Å². The number of nitrogen functional groups attached to an aromatic ring is 1. The first-order valence-corrected chi connectivity index (χ1v) is 6.26. The Balaban J connectivity index is 2.80. The summed E-state index contributed by atoms with van der Waals surface area (Å²) in [5.41, 5.74) is 10.7. The zero-order valence-corrected chi connectivity index (χ0v) is 11.3. The lowest BCUT2D eigenvalue weighted by molar-refractivity contribution is -0.119. The summed E-state index contributed by atoms with van der Waals surface area (Å²) in [7, 11) is 0. The van der Waals surface area contributed by atoms with Gasteiger partial charge in [-0.15, -0.1) is 0 Å². The van der Waals surface area contributed by atoms with Crippen molar-refractivity contribution >= 4 is 34.1 Å². The molecule has 1 heterocycles. The van der Waals surface area contributed by atoms with Crippen LogP contribution in [0.3, 0.4) is 0 Å². The monoisotopic (exact) mass is 271 g/mol. The Hall–Kier alpha value is -1.83. The van der Waals surface area contributed by atoms with Crippen molar-refractivity contribution in [3.63, 3.8) is 0 Å². The second kappa shape index (κ2) is 5.67. The van der Waals surface area contributed by atoms with E-state index in [2.05, 4.69) is 15.6 Å². The van der Waals surface area contributed by atoms with E-state index >= 15 is 0 Å². The average molecular weight is 271 g/mol. The molecule has 1 unspecified atom stereocenters. The molecule has 0 radical (unpaired) electrons. The fourth-order valence-corrected chi connectivity index (χ4v) is 2.07. The number of thiazole rings is 1. The molecule has 100 valence electrons. The Labute approximate surface area is 109 Å². The average Bonchev–Trinajstić information content (AvgIpc) is 2.57. The second-order valence-corrected chi connectivity index (χ2v) is 5.13. The lowest BCUT2D eigenvalue weighted by Crippen LogP contribution is -2.42. The van der Waals surface area contributed by atoms with Gasteiger partial charge in [0.2, 0.25) is 5.91 Å². The summed E-state index contributed by atoms with van der Waals surface area (Å²) in [4.78, 5) is 27.0. The topological polar surface area (TPSA) is 123 Å². The number of hydrogen-bond donors (Lipinski definition) is 4. The number of carbonyl (C=O) groups is 2. The Bertz CT molecular complexity index is 457. The van der Waals surface area contributed by atoms with Gasteiger partial charge in [0.25, 0.3) is 5.91 Å². The molecule has 6 N–H and O–H groups in total. The van der Waals surface area contributed by atoms with Gasteiger partial charge in [-0.1, -0.05) is 11.3 Å². The van der Waals surface area contributed by atoms with Gasteiger partial charge in [0.1, 0.15) is 16.7 Å². The molecule has 0 aliphatic rings. The van der Waals surface area contributed by atoms with Crippen LogP contribution in [0, 0.1) is 0 Å². The number of nitrogens with two attached hydrogens (primary N) is 2. The second-order valence-electron chi connectivity index (χ2n) is 4.13. The van der Waals surface area contributed by atoms with Crippen molar-refractivity contribution in [3.05, 3.63) is 4.88 Å². The Morgan fingerprint density at radius 1 is 1.33 bits per heavy atom. The number of hydrogen-bond acceptors (Lipinski definition) is 6. The molecule has 8 heteroatoms. The normalized spacial score (nSPS) is 12.2. The Kier molecular flexibility index (Phi) is 4.49. The molecule has 7 nitrogen and oxygen atoms in total. The van der Waals surface area contributed by atoms with E-state index < -0.39 is 17.9 Å². The Morgan fingerprint density at radius 2 is 1.94 bits per heavy atom. The van der Waals surface area contributed by atoms with E-state index in [0.717, 1.165) is 11.3 Å². The summed E-state index contributed by atoms with van der Waals surface area (Å²) in [5, 5.41) is 6.07. The molecule has 2 amide bonds. The number of amides is 2. The number of nitrogens with zero attached hydrogens (tertiary/aromatic N) is 1. The number of primary amides is 1. The molecule has 0 spiro atoms. The van der Waals surface area contributed by atoms with Gasteiger partial charge in [0, 0.05) is 6.04 Å². The number of anilines is 2. The molecule has 0 aromatic carbocycles. The van der Waals surface area contributed by atoms with Crippen LogP contribution in [0.5, 0.6) is 0 Å². The molecule has 0 saturated heterocycles. The fourth-order valence-electron chi connectivity index (χ4n) is 1.14. The minimum atomic E-state index is -0.750. The van der Waals surface area contributed by atoms with E-state index in [1.54, 1.807) is 0 Å². The van der Waals surface area contributed by atoms with Crippen molar-refractivity contribution < 1.29 is 9.59 Å². The van der Waals surface area contributed by atoms with Crippen molar-refractivity contribution in [2.75, 3.05) is 11.1 Å². The highest BCUT2D eigenvalue weighted by molar-refractivity contribution is 7.18. The maximum absolute atomic E-state index is 11.8. The van der Waals surface area contributed by atoms with Crippen molar-refractivity contribution in [3.8, 4) is 0 Å². The summed E-state index contributed by atoms with van der Waals surface area (Å²) in [5.74, 6) is -0.919. The molecular weight excluding hydrogens is 254 g/mol. The maximum Gasteiger partial charge on any atom is 0.265 e. The smallest absolute Gasteiger partial charge is 0.265 e. The zero-order chi connectivity index (χ0) is 13.9. The van der Waals surface area contributed by atoms with Crippen LogP contribution >= 0.6 is 11.3 Å². The van der Waals surface area contributed by atoms with Gasteiger partial charge < -0.3 is 22.1 Å². The molecule has 0 aliphatic heterocycles. The summed E-state index contributed by atoms with van der Waals surface area (Å²) >= 11 is 1.14. The molecule has 0 fully saturated rings. The third-order valence-electron chi connectivity index (χ3n) is 2.05. The van der Waals surface area contributed by atoms with Crippen LogP contribution < -0.4 is 22.1 Å². The van der Waals surface area contributed by atoms with Gasteiger partial charge in [0.15, 0.2) is 5.13 Å². The fraction of sp³-hybridized carbons (Fsp3) is 0.500. The number of aromatic nitrogens is 1. The van der Waals surface area contributed by atoms with Gasteiger partial charge in [-0.2, -0.15) is 0 Å². The molecule has 0 aliphatic carbocycles. The van der Waals surface area contributed by atoms with Crippen LogP contribution in [0.15, 0.2) is 0 Å². The zero-order valence-electron chi connectivity index (χ0n) is 10.5.